The molecule has 13 heavy (non-hydrogen) atoms. The van der Waals surface area contributed by atoms with Gasteiger partial charge in [0.15, 0.2) is 0 Å². The van der Waals surface area contributed by atoms with Gasteiger partial charge in [-0.05, 0) is 25.1 Å². The Morgan fingerprint density at radius 2 is 2.38 bits per heavy atom. The topological polar surface area (TPSA) is 21.3 Å². The third-order valence-corrected chi connectivity index (χ3v) is 2.41. The fourth-order valence-corrected chi connectivity index (χ4v) is 1.68. The molecule has 1 aliphatic heterocycles. The van der Waals surface area contributed by atoms with Gasteiger partial charge in [-0.15, -0.1) is 0 Å². The average molecular weight is 177 g/mol. The Kier molecular flexibility index (Phi) is 2.13. The summed E-state index contributed by atoms with van der Waals surface area (Å²) < 4.78 is 5.52. The van der Waals surface area contributed by atoms with Crippen LogP contribution in [0.5, 0.6) is 5.75 Å². The highest BCUT2D eigenvalue weighted by atomic mass is 16.5. The molecule has 0 aliphatic carbocycles. The lowest BCUT2D eigenvalue weighted by molar-refractivity contribution is 0.337. The van der Waals surface area contributed by atoms with Crippen molar-refractivity contribution in [1.29, 1.82) is 0 Å². The van der Waals surface area contributed by atoms with Crippen molar-refractivity contribution in [3.8, 4) is 5.75 Å². The number of hydrogen-bond acceptors (Lipinski definition) is 2. The number of fused-ring (bicyclic) bond motifs is 1. The molecule has 1 aromatic rings. The summed E-state index contributed by atoms with van der Waals surface area (Å²) in [6.07, 6.45) is 0. The fourth-order valence-electron chi connectivity index (χ4n) is 1.68. The van der Waals surface area contributed by atoms with Gasteiger partial charge in [0, 0.05) is 23.7 Å². The van der Waals surface area contributed by atoms with Gasteiger partial charge in [0.25, 0.3) is 0 Å². The van der Waals surface area contributed by atoms with Crippen LogP contribution in [-0.2, 0) is 0 Å². The third kappa shape index (κ3) is 1.48. The summed E-state index contributed by atoms with van der Waals surface area (Å²) in [5.74, 6) is 1.59. The van der Waals surface area contributed by atoms with Gasteiger partial charge in [0.05, 0.1) is 6.61 Å². The van der Waals surface area contributed by atoms with Crippen LogP contribution in [0.25, 0.3) is 0 Å². The maximum absolute atomic E-state index is 5.52. The zero-order valence-electron chi connectivity index (χ0n) is 8.13. The first kappa shape index (κ1) is 8.42. The van der Waals surface area contributed by atoms with Crippen LogP contribution in [0.4, 0.5) is 5.69 Å². The Morgan fingerprint density at radius 1 is 1.54 bits per heavy atom. The van der Waals surface area contributed by atoms with E-state index >= 15 is 0 Å². The molecule has 0 amide bonds. The minimum atomic E-state index is 0.536. The summed E-state index contributed by atoms with van der Waals surface area (Å²) in [5.41, 5.74) is 2.53. The smallest absolute Gasteiger partial charge is 0.123 e. The lowest BCUT2D eigenvalue weighted by Gasteiger charge is -2.06. The summed E-state index contributed by atoms with van der Waals surface area (Å²) in [4.78, 5) is 0. The Labute approximate surface area is 78.9 Å². The minimum absolute atomic E-state index is 0.536. The molecule has 0 fully saturated rings. The second-order valence-electron chi connectivity index (χ2n) is 3.49. The third-order valence-electron chi connectivity index (χ3n) is 2.41. The molecule has 1 aromatic carbocycles. The van der Waals surface area contributed by atoms with Crippen molar-refractivity contribution < 1.29 is 4.74 Å². The molecule has 0 aromatic heterocycles. The van der Waals surface area contributed by atoms with Crippen molar-refractivity contribution in [2.75, 3.05) is 18.5 Å². The molecule has 0 bridgehead atoms. The highest BCUT2D eigenvalue weighted by molar-refractivity contribution is 5.53. The molecule has 70 valence electrons. The largest absolute Gasteiger partial charge is 0.493 e. The zero-order chi connectivity index (χ0) is 9.26. The number of hydrogen-bond donors (Lipinski definition) is 1. The van der Waals surface area contributed by atoms with Crippen LogP contribution in [-0.4, -0.2) is 13.2 Å². The highest BCUT2D eigenvalue weighted by Gasteiger charge is 2.19. The molecular weight excluding hydrogens is 162 g/mol. The van der Waals surface area contributed by atoms with Crippen LogP contribution >= 0.6 is 0 Å². The minimum Gasteiger partial charge on any atom is -0.493 e. The van der Waals surface area contributed by atoms with E-state index in [4.69, 9.17) is 4.74 Å². The van der Waals surface area contributed by atoms with Crippen molar-refractivity contribution in [2.24, 2.45) is 0 Å². The molecule has 1 unspecified atom stereocenters. The van der Waals surface area contributed by atoms with Crippen molar-refractivity contribution in [2.45, 2.75) is 19.8 Å². The molecular formula is C11H15NO. The van der Waals surface area contributed by atoms with E-state index in [0.717, 1.165) is 18.9 Å². The van der Waals surface area contributed by atoms with E-state index in [2.05, 4.69) is 37.4 Å². The van der Waals surface area contributed by atoms with E-state index in [-0.39, 0.29) is 0 Å². The van der Waals surface area contributed by atoms with Crippen LogP contribution < -0.4 is 10.1 Å². The number of benzene rings is 1. The Morgan fingerprint density at radius 3 is 3.15 bits per heavy atom. The van der Waals surface area contributed by atoms with Gasteiger partial charge >= 0.3 is 0 Å². The van der Waals surface area contributed by atoms with Crippen molar-refractivity contribution >= 4 is 5.69 Å². The first-order valence-corrected chi connectivity index (χ1v) is 4.82. The number of rotatable bonds is 2. The molecule has 2 nitrogen and oxygen atoms in total. The van der Waals surface area contributed by atoms with E-state index in [1.165, 1.54) is 11.3 Å². The maximum atomic E-state index is 5.52. The zero-order valence-corrected chi connectivity index (χ0v) is 8.13. The van der Waals surface area contributed by atoms with Gasteiger partial charge < -0.3 is 10.1 Å². The SMILES string of the molecule is CCNc1ccc2c(c1)C(C)CO2. The number of anilines is 1. The Bertz CT molecular complexity index is 309. The maximum Gasteiger partial charge on any atom is 0.123 e. The van der Waals surface area contributed by atoms with Gasteiger partial charge in [-0.1, -0.05) is 6.92 Å². The lowest BCUT2D eigenvalue weighted by Crippen LogP contribution is -1.97. The van der Waals surface area contributed by atoms with Crippen LogP contribution in [0.3, 0.4) is 0 Å². The predicted molar refractivity (Wildman–Crippen MR) is 54.5 cm³/mol. The van der Waals surface area contributed by atoms with E-state index in [1.807, 2.05) is 0 Å². The molecule has 0 saturated heterocycles. The first-order valence-electron chi connectivity index (χ1n) is 4.82. The second-order valence-corrected chi connectivity index (χ2v) is 3.49. The van der Waals surface area contributed by atoms with Crippen molar-refractivity contribution in [3.63, 3.8) is 0 Å². The molecule has 1 atom stereocenters. The molecule has 0 spiro atoms. The van der Waals surface area contributed by atoms with Gasteiger partial charge in [-0.3, -0.25) is 0 Å². The van der Waals surface area contributed by atoms with Crippen LogP contribution in [0.15, 0.2) is 18.2 Å². The Balaban J connectivity index is 2.31. The number of nitrogens with one attached hydrogen (secondary N) is 1. The Hall–Kier alpha value is -1.18. The van der Waals surface area contributed by atoms with Gasteiger partial charge in [0.2, 0.25) is 0 Å². The molecule has 0 radical (unpaired) electrons. The van der Waals surface area contributed by atoms with Gasteiger partial charge in [-0.2, -0.15) is 0 Å². The summed E-state index contributed by atoms with van der Waals surface area (Å²) in [5, 5.41) is 3.30. The van der Waals surface area contributed by atoms with Crippen LogP contribution in [0.1, 0.15) is 25.3 Å². The normalized spacial score (nSPS) is 19.4. The summed E-state index contributed by atoms with van der Waals surface area (Å²) in [6.45, 7) is 6.09. The molecule has 1 heterocycles. The van der Waals surface area contributed by atoms with E-state index in [9.17, 15) is 0 Å². The monoisotopic (exact) mass is 177 g/mol. The van der Waals surface area contributed by atoms with Gasteiger partial charge in [0.1, 0.15) is 5.75 Å². The second kappa shape index (κ2) is 3.29. The van der Waals surface area contributed by atoms with Gasteiger partial charge in [-0.25, -0.2) is 0 Å². The molecule has 0 saturated carbocycles. The van der Waals surface area contributed by atoms with Crippen molar-refractivity contribution in [1.82, 2.24) is 0 Å². The van der Waals surface area contributed by atoms with Crippen LogP contribution in [0.2, 0.25) is 0 Å². The first-order chi connectivity index (χ1) is 6.31. The molecule has 2 heteroatoms. The molecule has 1 aliphatic rings. The summed E-state index contributed by atoms with van der Waals surface area (Å²) in [7, 11) is 0. The predicted octanol–water partition coefficient (Wildman–Crippen LogP) is 2.61. The highest BCUT2D eigenvalue weighted by Crippen LogP contribution is 2.35. The number of ether oxygens (including phenoxy) is 1. The lowest BCUT2D eigenvalue weighted by atomic mass is 10.0. The van der Waals surface area contributed by atoms with E-state index in [1.54, 1.807) is 0 Å². The van der Waals surface area contributed by atoms with E-state index < -0.39 is 0 Å². The standard InChI is InChI=1S/C11H15NO/c1-3-12-9-4-5-11-10(6-9)8(2)7-13-11/h4-6,8,12H,3,7H2,1-2H3. The summed E-state index contributed by atoms with van der Waals surface area (Å²) in [6, 6.07) is 6.31. The van der Waals surface area contributed by atoms with Crippen LogP contribution in [0, 0.1) is 0 Å². The average Bonchev–Trinajstić information content (AvgIpc) is 2.49. The fraction of sp³-hybridized carbons (Fsp3) is 0.455. The van der Waals surface area contributed by atoms with E-state index in [0.29, 0.717) is 5.92 Å². The summed E-state index contributed by atoms with van der Waals surface area (Å²) >= 11 is 0. The molecule has 2 rings (SSSR count). The van der Waals surface area contributed by atoms with Crippen molar-refractivity contribution in [3.05, 3.63) is 23.8 Å². The quantitative estimate of drug-likeness (QED) is 0.749. The molecule has 1 N–H and O–H groups in total.